The van der Waals surface area contributed by atoms with E-state index in [9.17, 15) is 32.0 Å². The third-order valence-electron chi connectivity index (χ3n) is 10.2. The first-order valence-electron chi connectivity index (χ1n) is 18.4. The number of hydrogen-bond donors (Lipinski definition) is 3. The number of likely N-dealkylation sites (tertiary alicyclic amines) is 1. The van der Waals surface area contributed by atoms with Gasteiger partial charge in [-0.2, -0.15) is 5.10 Å². The Labute approximate surface area is 313 Å². The molecule has 1 aliphatic heterocycles. The molecule has 0 bridgehead atoms. The lowest BCUT2D eigenvalue weighted by atomic mass is 10.0. The fraction of sp³-hybridized carbons (Fsp3) is 0.541. The first-order valence-corrected chi connectivity index (χ1v) is 19.9. The molecule has 290 valence electrons. The number of hydrogen-bond acceptors (Lipinski definition) is 10. The van der Waals surface area contributed by atoms with Crippen molar-refractivity contribution in [3.05, 3.63) is 59.8 Å². The Morgan fingerprint density at radius 1 is 1.11 bits per heavy atom. The van der Waals surface area contributed by atoms with Crippen LogP contribution in [0.1, 0.15) is 87.3 Å². The van der Waals surface area contributed by atoms with E-state index in [2.05, 4.69) is 37.9 Å². The smallest absolute Gasteiger partial charge is 0.270 e. The van der Waals surface area contributed by atoms with Crippen molar-refractivity contribution in [3.63, 3.8) is 0 Å². The molecule has 3 heterocycles. The average Bonchev–Trinajstić information content (AvgIpc) is 4.02. The third kappa shape index (κ3) is 9.22. The molecular weight excluding hydrogens is 720 g/mol. The molecule has 2 saturated carbocycles. The lowest BCUT2D eigenvalue weighted by Crippen LogP contribution is -2.54. The zero-order valence-corrected chi connectivity index (χ0v) is 31.5. The van der Waals surface area contributed by atoms with Crippen LogP contribution in [0.15, 0.2) is 42.6 Å². The number of aromatic nitrogens is 4. The van der Waals surface area contributed by atoms with Crippen LogP contribution in [0.3, 0.4) is 0 Å². The van der Waals surface area contributed by atoms with Gasteiger partial charge < -0.3 is 20.3 Å². The van der Waals surface area contributed by atoms with Crippen molar-refractivity contribution in [2.45, 2.75) is 101 Å². The maximum absolute atomic E-state index is 14.6. The van der Waals surface area contributed by atoms with Crippen molar-refractivity contribution < 1.29 is 36.7 Å². The second kappa shape index (κ2) is 16.2. The predicted molar refractivity (Wildman–Crippen MR) is 196 cm³/mol. The van der Waals surface area contributed by atoms with Gasteiger partial charge in [0, 0.05) is 19.7 Å². The van der Waals surface area contributed by atoms with Gasteiger partial charge in [0.2, 0.25) is 27.7 Å². The molecule has 3 fully saturated rings. The fourth-order valence-electron chi connectivity index (χ4n) is 6.45. The molecule has 0 spiro atoms. The summed E-state index contributed by atoms with van der Waals surface area (Å²) in [7, 11) is -2.32. The number of para-hydroxylation sites is 1. The number of fused-ring (bicyclic) bond motifs is 1. The van der Waals surface area contributed by atoms with E-state index >= 15 is 0 Å². The third-order valence-corrected chi connectivity index (χ3v) is 12.4. The number of aryl methyl sites for hydroxylation is 2. The number of nitrogens with zero attached hydrogens (tertiary/aromatic N) is 5. The van der Waals surface area contributed by atoms with Crippen LogP contribution in [-0.2, 0) is 31.5 Å². The first kappa shape index (κ1) is 38.8. The van der Waals surface area contributed by atoms with Crippen LogP contribution in [-0.4, -0.2) is 92.7 Å². The summed E-state index contributed by atoms with van der Waals surface area (Å²) in [5, 5.41) is 9.38. The Morgan fingerprint density at radius 3 is 2.59 bits per heavy atom. The van der Waals surface area contributed by atoms with Crippen LogP contribution in [0.2, 0.25) is 0 Å². The number of ether oxygens (including phenoxy) is 1. The molecule has 15 nitrogen and oxygen atoms in total. The van der Waals surface area contributed by atoms with Crippen LogP contribution in [0.4, 0.5) is 4.39 Å². The summed E-state index contributed by atoms with van der Waals surface area (Å²) in [6.45, 7) is 2.43. The van der Waals surface area contributed by atoms with Gasteiger partial charge in [-0.3, -0.25) is 28.6 Å². The highest BCUT2D eigenvalue weighted by atomic mass is 32.2. The summed E-state index contributed by atoms with van der Waals surface area (Å²) in [5.74, 6) is -2.55. The minimum absolute atomic E-state index is 0.000292. The number of benzene rings is 1. The average molecular weight is 767 g/mol. The molecule has 0 radical (unpaired) electrons. The molecule has 3 atom stereocenters. The number of rotatable bonds is 17. The van der Waals surface area contributed by atoms with Crippen molar-refractivity contribution >= 4 is 44.7 Å². The Kier molecular flexibility index (Phi) is 11.6. The maximum Gasteiger partial charge on any atom is 0.270 e. The highest BCUT2D eigenvalue weighted by Gasteiger charge is 2.51. The highest BCUT2D eigenvalue weighted by Crippen LogP contribution is 2.42. The molecule has 6 rings (SSSR count). The van der Waals surface area contributed by atoms with Gasteiger partial charge in [-0.25, -0.2) is 22.8 Å². The van der Waals surface area contributed by atoms with Crippen LogP contribution in [0.25, 0.3) is 11.0 Å². The molecule has 1 saturated heterocycles. The highest BCUT2D eigenvalue weighted by molar-refractivity contribution is 7.91. The van der Waals surface area contributed by atoms with Gasteiger partial charge in [0.05, 0.1) is 23.4 Å². The molecule has 2 aliphatic carbocycles. The largest absolute Gasteiger partial charge is 0.471 e. The van der Waals surface area contributed by atoms with Gasteiger partial charge in [0.15, 0.2) is 5.82 Å². The van der Waals surface area contributed by atoms with Crippen molar-refractivity contribution in [3.8, 4) is 5.88 Å². The van der Waals surface area contributed by atoms with Gasteiger partial charge in [-0.1, -0.05) is 31.1 Å². The van der Waals surface area contributed by atoms with E-state index in [4.69, 9.17) is 4.74 Å². The van der Waals surface area contributed by atoms with Crippen LogP contribution in [0.5, 0.6) is 5.88 Å². The van der Waals surface area contributed by atoms with E-state index in [1.165, 1.54) is 53.7 Å². The summed E-state index contributed by atoms with van der Waals surface area (Å²) in [6.07, 6.45) is 11.9. The molecule has 2 aromatic heterocycles. The summed E-state index contributed by atoms with van der Waals surface area (Å²) in [4.78, 5) is 64.2. The molecule has 3 N–H and O–H groups in total. The molecule has 1 aromatic carbocycles. The Morgan fingerprint density at radius 2 is 1.89 bits per heavy atom. The number of carbonyl (C=O) groups excluding carboxylic acids is 4. The molecule has 3 aromatic rings. The lowest BCUT2D eigenvalue weighted by molar-refractivity contribution is -0.140. The minimum atomic E-state index is -3.93. The van der Waals surface area contributed by atoms with Gasteiger partial charge in [0.25, 0.3) is 11.8 Å². The maximum atomic E-state index is 14.6. The van der Waals surface area contributed by atoms with Crippen molar-refractivity contribution in [1.82, 2.24) is 40.0 Å². The zero-order chi connectivity index (χ0) is 38.6. The quantitative estimate of drug-likeness (QED) is 0.136. The Bertz CT molecular complexity index is 2050. The molecule has 3 aliphatic rings. The van der Waals surface area contributed by atoms with Crippen LogP contribution in [0, 0.1) is 18.7 Å². The van der Waals surface area contributed by atoms with Crippen LogP contribution < -0.4 is 20.1 Å². The number of allylic oxidation sites excluding steroid dienone is 2. The van der Waals surface area contributed by atoms with Crippen LogP contribution >= 0.6 is 0 Å². The first-order chi connectivity index (χ1) is 25.7. The van der Waals surface area contributed by atoms with E-state index in [0.717, 1.165) is 19.3 Å². The number of unbranched alkanes of at least 4 members (excludes halogenated alkanes) is 3. The molecule has 17 heteroatoms. The second-order valence-corrected chi connectivity index (χ2v) is 16.9. The number of amides is 4. The Hall–Kier alpha value is -4.93. The number of carbonyl (C=O) groups is 4. The topological polar surface area (TPSA) is 195 Å². The number of nitrogens with one attached hydrogen (secondary N) is 3. The summed E-state index contributed by atoms with van der Waals surface area (Å²) in [6, 6.07) is 3.74. The molecular formula is C37H47FN8O7S. The van der Waals surface area contributed by atoms with Crippen molar-refractivity contribution in [2.75, 3.05) is 13.1 Å². The van der Waals surface area contributed by atoms with E-state index in [1.807, 2.05) is 4.72 Å². The SMILES string of the molecule is Cc1nc2cccc(F)c2nc1O[C@@H]1C[C@@H](C(=O)NCC(=O)NS(=O)(=O)C2(C)CC2)N(C(=O)[C@H](CCCCCC=CC2CC2)NC(=O)c2ccnn2C)C1. The molecule has 54 heavy (non-hydrogen) atoms. The summed E-state index contributed by atoms with van der Waals surface area (Å²) in [5.41, 5.74) is 0.950. The second-order valence-electron chi connectivity index (χ2n) is 14.7. The summed E-state index contributed by atoms with van der Waals surface area (Å²) >= 11 is 0. The van der Waals surface area contributed by atoms with E-state index < -0.39 is 68.9 Å². The standard InChI is InChI=1S/C37H47FN8O7S/c1-23-35(43-32-26(38)11-9-13-27(32)41-23)53-25-20-30(33(48)39-21-31(47)44-54(51,52)37(2)17-18-37)46(22-25)36(50)28(42-34(49)29-16-19-40-45(29)3)12-8-6-4-5-7-10-24-14-15-24/h7,9-11,13,16,19,24-25,28,30H,4-6,8,12,14-15,17-18,20-22H2,1-3H3,(H,39,48)(H,42,49)(H,44,47)/t25-,28+,30+/m1/s1. The zero-order valence-electron chi connectivity index (χ0n) is 30.7. The van der Waals surface area contributed by atoms with Gasteiger partial charge >= 0.3 is 0 Å². The molecule has 4 amide bonds. The summed E-state index contributed by atoms with van der Waals surface area (Å²) < 4.78 is 48.4. The number of sulfonamides is 1. The number of halogens is 1. The molecule has 0 unspecified atom stereocenters. The van der Waals surface area contributed by atoms with Gasteiger partial charge in [-0.05, 0) is 82.9 Å². The van der Waals surface area contributed by atoms with Gasteiger partial charge in [0.1, 0.15) is 35.1 Å². The Balaban J connectivity index is 1.19. The monoisotopic (exact) mass is 766 g/mol. The van der Waals surface area contributed by atoms with Gasteiger partial charge in [-0.15, -0.1) is 0 Å². The lowest BCUT2D eigenvalue weighted by Gasteiger charge is -2.28. The van der Waals surface area contributed by atoms with Crippen molar-refractivity contribution in [2.24, 2.45) is 13.0 Å². The predicted octanol–water partition coefficient (Wildman–Crippen LogP) is 2.99. The fourth-order valence-corrected chi connectivity index (χ4v) is 7.71. The van der Waals surface area contributed by atoms with E-state index in [-0.39, 0.29) is 30.1 Å². The van der Waals surface area contributed by atoms with Crippen molar-refractivity contribution in [1.29, 1.82) is 0 Å². The van der Waals surface area contributed by atoms with E-state index in [1.54, 1.807) is 20.0 Å². The normalized spacial score (nSPS) is 19.8. The van der Waals surface area contributed by atoms with E-state index in [0.29, 0.717) is 42.8 Å². The minimum Gasteiger partial charge on any atom is -0.471 e.